The second kappa shape index (κ2) is 5.92. The third-order valence-electron chi connectivity index (χ3n) is 3.95. The van der Waals surface area contributed by atoms with Crippen LogP contribution < -0.4 is 16.4 Å². The third kappa shape index (κ3) is 3.36. The molecule has 0 unspecified atom stereocenters. The minimum absolute atomic E-state index is 0.0283. The number of primary amides is 2. The summed E-state index contributed by atoms with van der Waals surface area (Å²) < 4.78 is 0. The molecule has 0 spiro atoms. The third-order valence-corrected chi connectivity index (χ3v) is 3.95. The van der Waals surface area contributed by atoms with E-state index in [9.17, 15) is 9.59 Å². The molecule has 1 atom stereocenters. The van der Waals surface area contributed by atoms with Crippen LogP contribution in [0.15, 0.2) is 18.2 Å². The number of pyridine rings is 1. The molecule has 7 nitrogen and oxygen atoms in total. The molecule has 0 bridgehead atoms. The molecule has 1 aliphatic heterocycles. The number of anilines is 1. The molecule has 1 saturated heterocycles. The molecule has 7 heteroatoms. The lowest BCUT2D eigenvalue weighted by molar-refractivity contribution is 0.0995. The number of hydrogen-bond acceptors (Lipinski definition) is 4. The van der Waals surface area contributed by atoms with Crippen LogP contribution in [0.1, 0.15) is 37.7 Å². The van der Waals surface area contributed by atoms with Gasteiger partial charge in [-0.25, -0.2) is 9.78 Å². The second-order valence-electron chi connectivity index (χ2n) is 6.51. The maximum Gasteiger partial charge on any atom is 0.320 e. The number of aromatic nitrogens is 1. The zero-order valence-electron chi connectivity index (χ0n) is 13.2. The monoisotopic (exact) mass is 305 g/mol. The van der Waals surface area contributed by atoms with Crippen LogP contribution in [0.5, 0.6) is 0 Å². The average Bonchev–Trinajstić information content (AvgIpc) is 2.88. The number of urea groups is 1. The minimum Gasteiger partial charge on any atom is -0.364 e. The van der Waals surface area contributed by atoms with Crippen LogP contribution in [0.3, 0.4) is 0 Å². The summed E-state index contributed by atoms with van der Waals surface area (Å²) in [4.78, 5) is 31.1. The smallest absolute Gasteiger partial charge is 0.320 e. The van der Waals surface area contributed by atoms with E-state index < -0.39 is 11.9 Å². The summed E-state index contributed by atoms with van der Waals surface area (Å²) in [5.74, 6) is -0.265. The number of likely N-dealkylation sites (tertiary alicyclic amines) is 1. The van der Waals surface area contributed by atoms with Crippen molar-refractivity contribution >= 4 is 17.8 Å². The Morgan fingerprint density at radius 1 is 1.32 bits per heavy atom. The summed E-state index contributed by atoms with van der Waals surface area (Å²) in [6.45, 7) is 8.00. The first-order valence-corrected chi connectivity index (χ1v) is 7.30. The fraction of sp³-hybridized carbons (Fsp3) is 0.533. The van der Waals surface area contributed by atoms with E-state index in [4.69, 9.17) is 11.5 Å². The molecular formula is C15H23N5O2. The number of hydrogen-bond donors (Lipinski definition) is 2. The molecule has 2 heterocycles. The summed E-state index contributed by atoms with van der Waals surface area (Å²) in [7, 11) is 0. The van der Waals surface area contributed by atoms with Gasteiger partial charge in [0.15, 0.2) is 0 Å². The highest BCUT2D eigenvalue weighted by atomic mass is 16.2. The fourth-order valence-electron chi connectivity index (χ4n) is 2.74. The highest BCUT2D eigenvalue weighted by Gasteiger charge is 2.35. The van der Waals surface area contributed by atoms with Gasteiger partial charge in [-0.3, -0.25) is 14.6 Å². The first kappa shape index (κ1) is 16.2. The lowest BCUT2D eigenvalue weighted by Gasteiger charge is -2.33. The van der Waals surface area contributed by atoms with Gasteiger partial charge in [0.05, 0.1) is 6.04 Å². The highest BCUT2D eigenvalue weighted by molar-refractivity contribution is 5.93. The van der Waals surface area contributed by atoms with Gasteiger partial charge in [0.2, 0.25) is 0 Å². The molecule has 2 rings (SSSR count). The van der Waals surface area contributed by atoms with Crippen molar-refractivity contribution in [1.82, 2.24) is 9.88 Å². The first-order valence-electron chi connectivity index (χ1n) is 7.30. The number of nitrogens with two attached hydrogens (primary N) is 2. The molecule has 120 valence electrons. The fourth-order valence-corrected chi connectivity index (χ4v) is 2.74. The average molecular weight is 305 g/mol. The molecule has 3 amide bonds. The maximum absolute atomic E-state index is 11.9. The Labute approximate surface area is 130 Å². The van der Waals surface area contributed by atoms with Gasteiger partial charge in [-0.1, -0.05) is 6.07 Å². The lowest BCUT2D eigenvalue weighted by Crippen LogP contribution is -2.48. The van der Waals surface area contributed by atoms with Crippen molar-refractivity contribution in [2.24, 2.45) is 11.5 Å². The van der Waals surface area contributed by atoms with E-state index >= 15 is 0 Å². The molecule has 1 aliphatic rings. The summed E-state index contributed by atoms with van der Waals surface area (Å²) in [6.07, 6.45) is 0.808. The van der Waals surface area contributed by atoms with E-state index in [0.717, 1.165) is 19.5 Å². The maximum atomic E-state index is 11.9. The Balaban J connectivity index is 2.27. The van der Waals surface area contributed by atoms with Gasteiger partial charge in [0, 0.05) is 18.6 Å². The van der Waals surface area contributed by atoms with Crippen molar-refractivity contribution in [3.8, 4) is 0 Å². The van der Waals surface area contributed by atoms with Crippen LogP contribution in [0.4, 0.5) is 10.6 Å². The standard InChI is InChI=1S/C15H23N5O2/c1-15(2,3)19-8-7-10(9-19)20(14(17)22)12-6-4-5-11(18-12)13(16)21/h4-6,10H,7-9H2,1-3H3,(H2,16,21)(H2,17,22)/t10-/m0/s1. The van der Waals surface area contributed by atoms with Gasteiger partial charge in [0.25, 0.3) is 5.91 Å². The zero-order valence-corrected chi connectivity index (χ0v) is 13.2. The molecular weight excluding hydrogens is 282 g/mol. The Morgan fingerprint density at radius 2 is 2.00 bits per heavy atom. The predicted molar refractivity (Wildman–Crippen MR) is 84.5 cm³/mol. The van der Waals surface area contributed by atoms with Crippen molar-refractivity contribution in [2.75, 3.05) is 18.0 Å². The molecule has 0 aromatic carbocycles. The minimum atomic E-state index is -0.631. The molecule has 1 fully saturated rings. The van der Waals surface area contributed by atoms with Crippen molar-refractivity contribution in [1.29, 1.82) is 0 Å². The number of rotatable bonds is 3. The van der Waals surface area contributed by atoms with E-state index in [1.165, 1.54) is 11.0 Å². The van der Waals surface area contributed by atoms with Gasteiger partial charge in [-0.15, -0.1) is 0 Å². The van der Waals surface area contributed by atoms with E-state index in [1.54, 1.807) is 12.1 Å². The van der Waals surface area contributed by atoms with Crippen molar-refractivity contribution in [3.63, 3.8) is 0 Å². The number of nitrogens with zero attached hydrogens (tertiary/aromatic N) is 3. The lowest BCUT2D eigenvalue weighted by atomic mass is 10.1. The summed E-state index contributed by atoms with van der Waals surface area (Å²) in [6, 6.07) is 4.19. The Bertz CT molecular complexity index is 582. The number of amides is 3. The molecule has 0 radical (unpaired) electrons. The molecule has 1 aromatic heterocycles. The van der Waals surface area contributed by atoms with Gasteiger partial charge in [-0.2, -0.15) is 0 Å². The molecule has 22 heavy (non-hydrogen) atoms. The first-order chi connectivity index (χ1) is 10.2. The topological polar surface area (TPSA) is 106 Å². The zero-order chi connectivity index (χ0) is 16.5. The summed E-state index contributed by atoms with van der Waals surface area (Å²) in [5, 5.41) is 0. The van der Waals surface area contributed by atoms with Crippen LogP contribution in [0.2, 0.25) is 0 Å². The predicted octanol–water partition coefficient (Wildman–Crippen LogP) is 0.938. The largest absolute Gasteiger partial charge is 0.364 e. The second-order valence-corrected chi connectivity index (χ2v) is 6.51. The van der Waals surface area contributed by atoms with Crippen LogP contribution in [-0.4, -0.2) is 46.5 Å². The normalized spacial score (nSPS) is 19.1. The number of carbonyl (C=O) groups excluding carboxylic acids is 2. The quantitative estimate of drug-likeness (QED) is 0.866. The van der Waals surface area contributed by atoms with E-state index in [-0.39, 0.29) is 17.3 Å². The Kier molecular flexibility index (Phi) is 4.37. The van der Waals surface area contributed by atoms with Crippen molar-refractivity contribution in [3.05, 3.63) is 23.9 Å². The van der Waals surface area contributed by atoms with E-state index in [2.05, 4.69) is 30.7 Å². The van der Waals surface area contributed by atoms with Crippen molar-refractivity contribution < 1.29 is 9.59 Å². The van der Waals surface area contributed by atoms with Gasteiger partial charge in [-0.05, 0) is 39.3 Å². The van der Waals surface area contributed by atoms with Gasteiger partial charge >= 0.3 is 6.03 Å². The molecule has 0 aliphatic carbocycles. The summed E-state index contributed by atoms with van der Waals surface area (Å²) in [5.41, 5.74) is 10.9. The van der Waals surface area contributed by atoms with Gasteiger partial charge in [0.1, 0.15) is 11.5 Å². The van der Waals surface area contributed by atoms with E-state index in [1.807, 2.05) is 0 Å². The van der Waals surface area contributed by atoms with Crippen LogP contribution >= 0.6 is 0 Å². The van der Waals surface area contributed by atoms with Crippen LogP contribution in [0, 0.1) is 0 Å². The van der Waals surface area contributed by atoms with Crippen LogP contribution in [0.25, 0.3) is 0 Å². The van der Waals surface area contributed by atoms with Crippen molar-refractivity contribution in [2.45, 2.75) is 38.8 Å². The molecule has 1 aromatic rings. The number of carbonyl (C=O) groups is 2. The highest BCUT2D eigenvalue weighted by Crippen LogP contribution is 2.26. The SMILES string of the molecule is CC(C)(C)N1CC[C@H](N(C(N)=O)c2cccc(C(N)=O)n2)C1. The Hall–Kier alpha value is -2.15. The molecule has 0 saturated carbocycles. The Morgan fingerprint density at radius 3 is 2.50 bits per heavy atom. The molecule has 4 N–H and O–H groups in total. The van der Waals surface area contributed by atoms with Crippen LogP contribution in [-0.2, 0) is 0 Å². The summed E-state index contributed by atoms with van der Waals surface area (Å²) >= 11 is 0. The van der Waals surface area contributed by atoms with Gasteiger partial charge < -0.3 is 11.5 Å². The van der Waals surface area contributed by atoms with E-state index in [0.29, 0.717) is 5.82 Å².